The average Bonchev–Trinajstić information content (AvgIpc) is 3.43. The first kappa shape index (κ1) is 19.9. The van der Waals surface area contributed by atoms with Crippen LogP contribution in [0.5, 0.6) is 0 Å². The van der Waals surface area contributed by atoms with Gasteiger partial charge >= 0.3 is 6.03 Å². The van der Waals surface area contributed by atoms with Crippen molar-refractivity contribution in [2.75, 3.05) is 32.7 Å². The molecule has 1 atom stereocenters. The highest BCUT2D eigenvalue weighted by molar-refractivity contribution is 6.07. The standard InChI is InChI=1S/C20H29N5O4/c1-3-8-23-10-6-20(7-11-23)18(27)25(19(28)21-20)15-5-9-24(13-15)17(26)16-12-14(4-2)22-29-16/h12,15H,3-11,13H2,1-2H3,(H,21,28)/t15-/m1/s1. The number of rotatable bonds is 5. The first-order valence-electron chi connectivity index (χ1n) is 10.6. The lowest BCUT2D eigenvalue weighted by atomic mass is 9.87. The van der Waals surface area contributed by atoms with Crippen molar-refractivity contribution < 1.29 is 18.9 Å². The lowest BCUT2D eigenvalue weighted by Crippen LogP contribution is -2.55. The first-order chi connectivity index (χ1) is 14.0. The number of aromatic nitrogens is 1. The van der Waals surface area contributed by atoms with Crippen LogP contribution in [0.4, 0.5) is 4.79 Å². The number of hydrogen-bond donors (Lipinski definition) is 1. The molecule has 0 unspecified atom stereocenters. The van der Waals surface area contributed by atoms with E-state index in [-0.39, 0.29) is 29.6 Å². The van der Waals surface area contributed by atoms with Crippen molar-refractivity contribution in [1.82, 2.24) is 25.2 Å². The molecule has 3 saturated heterocycles. The number of hydrogen-bond acceptors (Lipinski definition) is 6. The van der Waals surface area contributed by atoms with E-state index in [0.717, 1.165) is 31.7 Å². The summed E-state index contributed by atoms with van der Waals surface area (Å²) in [5.41, 5.74) is -0.0470. The summed E-state index contributed by atoms with van der Waals surface area (Å²) in [5.74, 6) is -0.167. The van der Waals surface area contributed by atoms with Gasteiger partial charge in [-0.2, -0.15) is 0 Å². The van der Waals surface area contributed by atoms with Crippen molar-refractivity contribution in [3.05, 3.63) is 17.5 Å². The van der Waals surface area contributed by atoms with Crippen molar-refractivity contribution in [3.63, 3.8) is 0 Å². The van der Waals surface area contributed by atoms with Crippen molar-refractivity contribution in [3.8, 4) is 0 Å². The van der Waals surface area contributed by atoms with Gasteiger partial charge in [0, 0.05) is 32.2 Å². The zero-order valence-corrected chi connectivity index (χ0v) is 17.1. The summed E-state index contributed by atoms with van der Waals surface area (Å²) in [6, 6.07) is 1.03. The van der Waals surface area contributed by atoms with Gasteiger partial charge in [-0.25, -0.2) is 4.79 Å². The quantitative estimate of drug-likeness (QED) is 0.743. The molecule has 29 heavy (non-hydrogen) atoms. The Morgan fingerprint density at radius 1 is 1.28 bits per heavy atom. The van der Waals surface area contributed by atoms with E-state index >= 15 is 0 Å². The molecule has 3 aliphatic rings. The second kappa shape index (κ2) is 7.78. The molecule has 158 valence electrons. The molecule has 9 heteroatoms. The number of imide groups is 1. The van der Waals surface area contributed by atoms with Crippen LogP contribution in [-0.2, 0) is 11.2 Å². The minimum atomic E-state index is -0.778. The zero-order chi connectivity index (χ0) is 20.6. The van der Waals surface area contributed by atoms with E-state index in [0.29, 0.717) is 38.8 Å². The van der Waals surface area contributed by atoms with Crippen LogP contribution >= 0.6 is 0 Å². The molecule has 0 radical (unpaired) electrons. The molecule has 1 N–H and O–H groups in total. The van der Waals surface area contributed by atoms with Crippen LogP contribution in [0.1, 0.15) is 55.8 Å². The Morgan fingerprint density at radius 2 is 2.03 bits per heavy atom. The zero-order valence-electron chi connectivity index (χ0n) is 17.1. The number of amides is 4. The second-order valence-corrected chi connectivity index (χ2v) is 8.26. The average molecular weight is 403 g/mol. The highest BCUT2D eigenvalue weighted by Crippen LogP contribution is 2.32. The molecule has 3 aliphatic heterocycles. The summed E-state index contributed by atoms with van der Waals surface area (Å²) >= 11 is 0. The molecular weight excluding hydrogens is 374 g/mol. The number of carbonyl (C=O) groups is 3. The van der Waals surface area contributed by atoms with E-state index in [4.69, 9.17) is 4.52 Å². The molecule has 4 rings (SSSR count). The predicted molar refractivity (Wildman–Crippen MR) is 104 cm³/mol. The Bertz CT molecular complexity index is 799. The molecule has 0 saturated carbocycles. The third-order valence-corrected chi connectivity index (χ3v) is 6.39. The second-order valence-electron chi connectivity index (χ2n) is 8.26. The van der Waals surface area contributed by atoms with Gasteiger partial charge in [0.2, 0.25) is 5.76 Å². The normalized spacial score (nSPS) is 24.6. The Kier molecular flexibility index (Phi) is 5.33. The fraction of sp³-hybridized carbons (Fsp3) is 0.700. The number of urea groups is 1. The largest absolute Gasteiger partial charge is 0.351 e. The first-order valence-corrected chi connectivity index (χ1v) is 10.6. The van der Waals surface area contributed by atoms with Crippen molar-refractivity contribution >= 4 is 17.8 Å². The van der Waals surface area contributed by atoms with E-state index in [1.54, 1.807) is 11.0 Å². The summed E-state index contributed by atoms with van der Waals surface area (Å²) in [7, 11) is 0. The number of aryl methyl sites for hydroxylation is 1. The predicted octanol–water partition coefficient (Wildman–Crippen LogP) is 1.25. The van der Waals surface area contributed by atoms with Gasteiger partial charge in [-0.15, -0.1) is 0 Å². The number of likely N-dealkylation sites (tertiary alicyclic amines) is 2. The maximum atomic E-state index is 13.2. The number of carbonyl (C=O) groups excluding carboxylic acids is 3. The third kappa shape index (κ3) is 3.52. The fourth-order valence-electron chi connectivity index (χ4n) is 4.66. The van der Waals surface area contributed by atoms with Gasteiger partial charge in [0.15, 0.2) is 0 Å². The Labute approximate surface area is 170 Å². The smallest absolute Gasteiger partial charge is 0.325 e. The van der Waals surface area contributed by atoms with Crippen LogP contribution < -0.4 is 5.32 Å². The van der Waals surface area contributed by atoms with Crippen molar-refractivity contribution in [2.45, 2.75) is 57.5 Å². The molecule has 4 heterocycles. The van der Waals surface area contributed by atoms with Crippen molar-refractivity contribution in [1.29, 1.82) is 0 Å². The summed E-state index contributed by atoms with van der Waals surface area (Å²) in [6.07, 6.45) is 3.64. The Hall–Kier alpha value is -2.42. The fourth-order valence-corrected chi connectivity index (χ4v) is 4.66. The lowest BCUT2D eigenvalue weighted by molar-refractivity contribution is -0.134. The molecule has 1 spiro atoms. The van der Waals surface area contributed by atoms with Crippen LogP contribution in [0.15, 0.2) is 10.6 Å². The molecular formula is C20H29N5O4. The monoisotopic (exact) mass is 403 g/mol. The highest BCUT2D eigenvalue weighted by atomic mass is 16.5. The van der Waals surface area contributed by atoms with Crippen LogP contribution in [-0.4, -0.2) is 82.0 Å². The Balaban J connectivity index is 1.41. The van der Waals surface area contributed by atoms with Crippen molar-refractivity contribution in [2.24, 2.45) is 0 Å². The SMILES string of the molecule is CCCN1CCC2(CC1)NC(=O)N([C@@H]1CCN(C(=O)c3cc(CC)no3)C1)C2=O. The summed E-state index contributed by atoms with van der Waals surface area (Å²) in [5, 5.41) is 6.84. The van der Waals surface area contributed by atoms with Crippen LogP contribution in [0, 0.1) is 0 Å². The molecule has 4 amide bonds. The molecule has 0 bridgehead atoms. The molecule has 0 aromatic carbocycles. The van der Waals surface area contributed by atoms with Crippen LogP contribution in [0.25, 0.3) is 0 Å². The van der Waals surface area contributed by atoms with Gasteiger partial charge in [0.05, 0.1) is 11.7 Å². The third-order valence-electron chi connectivity index (χ3n) is 6.39. The molecule has 1 aromatic heterocycles. The van der Waals surface area contributed by atoms with Gasteiger partial charge in [-0.1, -0.05) is 19.0 Å². The molecule has 9 nitrogen and oxygen atoms in total. The maximum Gasteiger partial charge on any atom is 0.325 e. The van der Waals surface area contributed by atoms with Gasteiger partial charge in [-0.3, -0.25) is 14.5 Å². The van der Waals surface area contributed by atoms with Gasteiger partial charge in [0.1, 0.15) is 5.54 Å². The summed E-state index contributed by atoms with van der Waals surface area (Å²) < 4.78 is 5.15. The van der Waals surface area contributed by atoms with Gasteiger partial charge < -0.3 is 19.6 Å². The summed E-state index contributed by atoms with van der Waals surface area (Å²) in [4.78, 5) is 43.9. The minimum absolute atomic E-state index is 0.133. The van der Waals surface area contributed by atoms with E-state index in [9.17, 15) is 14.4 Å². The van der Waals surface area contributed by atoms with E-state index in [1.165, 1.54) is 4.90 Å². The van der Waals surface area contributed by atoms with E-state index in [1.807, 2.05) is 6.92 Å². The van der Waals surface area contributed by atoms with Gasteiger partial charge in [-0.05, 0) is 38.6 Å². The number of nitrogens with one attached hydrogen (secondary N) is 1. The van der Waals surface area contributed by atoms with Gasteiger partial charge in [0.25, 0.3) is 11.8 Å². The van der Waals surface area contributed by atoms with Crippen LogP contribution in [0.2, 0.25) is 0 Å². The minimum Gasteiger partial charge on any atom is -0.351 e. The highest BCUT2D eigenvalue weighted by Gasteiger charge is 2.55. The number of nitrogens with zero attached hydrogens (tertiary/aromatic N) is 4. The number of piperidine rings is 1. The Morgan fingerprint density at radius 3 is 2.69 bits per heavy atom. The lowest BCUT2D eigenvalue weighted by Gasteiger charge is -2.37. The topological polar surface area (TPSA) is 99.0 Å². The van der Waals surface area contributed by atoms with E-state index in [2.05, 4.69) is 22.3 Å². The molecule has 3 fully saturated rings. The van der Waals surface area contributed by atoms with E-state index < -0.39 is 5.54 Å². The maximum absolute atomic E-state index is 13.2. The molecule has 0 aliphatic carbocycles. The molecule has 1 aromatic rings. The summed E-state index contributed by atoms with van der Waals surface area (Å²) in [6.45, 7) is 7.55. The van der Waals surface area contributed by atoms with Crippen LogP contribution in [0.3, 0.4) is 0 Å².